The molecular weight excluding hydrogens is 165 g/mol. The fourth-order valence-electron chi connectivity index (χ4n) is 0.857. The van der Waals surface area contributed by atoms with Gasteiger partial charge in [0.15, 0.2) is 0 Å². The van der Waals surface area contributed by atoms with Gasteiger partial charge in [0.25, 0.3) is 0 Å². The number of halogens is 1. The zero-order valence-corrected chi connectivity index (χ0v) is 6.82. The first kappa shape index (κ1) is 7.09. The van der Waals surface area contributed by atoms with Crippen LogP contribution in [-0.2, 0) is 4.28 Å². The Morgan fingerprint density at radius 3 is 2.82 bits per heavy atom. The van der Waals surface area contributed by atoms with Crippen LogP contribution in [0.25, 0.3) is 0 Å². The lowest BCUT2D eigenvalue weighted by Crippen LogP contribution is -1.84. The fourth-order valence-corrected chi connectivity index (χ4v) is 2.13. The van der Waals surface area contributed by atoms with E-state index in [4.69, 9.17) is 4.28 Å². The highest BCUT2D eigenvalue weighted by atomic mass is 32.3. The van der Waals surface area contributed by atoms with E-state index in [1.807, 2.05) is 12.3 Å². The molecule has 1 aromatic carbocycles. The highest BCUT2D eigenvalue weighted by molar-refractivity contribution is 8.31. The molecule has 4 heteroatoms. The molecule has 11 heavy (non-hydrogen) atoms. The van der Waals surface area contributed by atoms with Crippen LogP contribution in [0.5, 0.6) is 0 Å². The van der Waals surface area contributed by atoms with Gasteiger partial charge in [-0.2, -0.15) is 0 Å². The van der Waals surface area contributed by atoms with E-state index in [0.717, 1.165) is 4.90 Å². The third kappa shape index (κ3) is 1.24. The molecule has 0 bridgehead atoms. The summed E-state index contributed by atoms with van der Waals surface area (Å²) in [5.74, 6) is -0.214. The highest BCUT2D eigenvalue weighted by Gasteiger charge is 2.35. The van der Waals surface area contributed by atoms with Crippen molar-refractivity contribution >= 4 is 10.5 Å². The molecule has 1 N–H and O–H groups in total. The molecule has 0 aliphatic carbocycles. The Balaban J connectivity index is 2.38. The van der Waals surface area contributed by atoms with Crippen molar-refractivity contribution in [2.24, 2.45) is 0 Å². The van der Waals surface area contributed by atoms with E-state index < -0.39 is 10.5 Å². The summed E-state index contributed by atoms with van der Waals surface area (Å²) in [7, 11) is -1.27. The van der Waals surface area contributed by atoms with E-state index >= 15 is 0 Å². The van der Waals surface area contributed by atoms with Crippen LogP contribution in [-0.4, -0.2) is 6.26 Å². The van der Waals surface area contributed by atoms with Crippen LogP contribution >= 0.6 is 10.5 Å². The van der Waals surface area contributed by atoms with Gasteiger partial charge in [0.1, 0.15) is 5.82 Å². The minimum Gasteiger partial charge on any atom is -0.222 e. The SMILES string of the molecule is CS1(c2cccc(F)c2)NO1. The lowest BCUT2D eigenvalue weighted by Gasteiger charge is -2.05. The van der Waals surface area contributed by atoms with Crippen LogP contribution in [0.3, 0.4) is 0 Å². The lowest BCUT2D eigenvalue weighted by molar-refractivity contribution is 0.468. The summed E-state index contributed by atoms with van der Waals surface area (Å²) in [6.45, 7) is 0. The fraction of sp³-hybridized carbons (Fsp3) is 0.143. The molecule has 1 aromatic rings. The van der Waals surface area contributed by atoms with E-state index in [1.54, 1.807) is 6.07 Å². The second kappa shape index (κ2) is 2.20. The van der Waals surface area contributed by atoms with E-state index in [9.17, 15) is 4.39 Å². The largest absolute Gasteiger partial charge is 0.222 e. The second-order valence-electron chi connectivity index (χ2n) is 2.47. The summed E-state index contributed by atoms with van der Waals surface area (Å²) in [5, 5.41) is 0. The molecule has 1 aliphatic rings. The van der Waals surface area contributed by atoms with Gasteiger partial charge in [0, 0.05) is 11.2 Å². The molecule has 60 valence electrons. The number of benzene rings is 1. The number of hydrogen-bond acceptors (Lipinski definition) is 2. The van der Waals surface area contributed by atoms with Gasteiger partial charge in [0.05, 0.1) is 0 Å². The molecule has 0 radical (unpaired) electrons. The minimum absolute atomic E-state index is 0.214. The maximum Gasteiger partial charge on any atom is 0.124 e. The Morgan fingerprint density at radius 1 is 1.55 bits per heavy atom. The Labute approximate surface area is 66.0 Å². The average Bonchev–Trinajstić information content (AvgIpc) is 2.70. The van der Waals surface area contributed by atoms with Crippen molar-refractivity contribution in [1.82, 2.24) is 4.89 Å². The highest BCUT2D eigenvalue weighted by Crippen LogP contribution is 2.60. The van der Waals surface area contributed by atoms with Gasteiger partial charge in [-0.3, -0.25) is 0 Å². The van der Waals surface area contributed by atoms with Crippen LogP contribution in [0.1, 0.15) is 0 Å². The van der Waals surface area contributed by atoms with Gasteiger partial charge in [-0.1, -0.05) is 6.07 Å². The van der Waals surface area contributed by atoms with Gasteiger partial charge < -0.3 is 0 Å². The molecule has 0 aromatic heterocycles. The molecule has 2 nitrogen and oxygen atoms in total. The van der Waals surface area contributed by atoms with Crippen LogP contribution in [0.4, 0.5) is 4.39 Å². The molecule has 1 unspecified atom stereocenters. The summed E-state index contributed by atoms with van der Waals surface area (Å²) in [5.41, 5.74) is 0. The van der Waals surface area contributed by atoms with E-state index in [1.165, 1.54) is 12.1 Å². The molecule has 1 fully saturated rings. The summed E-state index contributed by atoms with van der Waals surface area (Å²) >= 11 is 0. The van der Waals surface area contributed by atoms with Crippen molar-refractivity contribution in [2.45, 2.75) is 4.90 Å². The Morgan fingerprint density at radius 2 is 2.27 bits per heavy atom. The van der Waals surface area contributed by atoms with Crippen molar-refractivity contribution in [3.8, 4) is 0 Å². The van der Waals surface area contributed by atoms with Crippen molar-refractivity contribution in [1.29, 1.82) is 0 Å². The second-order valence-corrected chi connectivity index (χ2v) is 4.96. The molecule has 0 saturated carbocycles. The van der Waals surface area contributed by atoms with Gasteiger partial charge in [-0.25, -0.2) is 8.67 Å². The summed E-state index contributed by atoms with van der Waals surface area (Å²) < 4.78 is 17.7. The first-order chi connectivity index (χ1) is 5.21. The minimum atomic E-state index is -1.27. The van der Waals surface area contributed by atoms with Gasteiger partial charge in [-0.05, 0) is 28.7 Å². The monoisotopic (exact) mass is 173 g/mol. The Hall–Kier alpha value is -0.580. The van der Waals surface area contributed by atoms with Gasteiger partial charge >= 0.3 is 0 Å². The first-order valence-electron chi connectivity index (χ1n) is 3.20. The van der Waals surface area contributed by atoms with Crippen LogP contribution in [0.15, 0.2) is 29.2 Å². The zero-order valence-electron chi connectivity index (χ0n) is 6.00. The van der Waals surface area contributed by atoms with Gasteiger partial charge in [-0.15, -0.1) is 4.89 Å². The van der Waals surface area contributed by atoms with Crippen molar-refractivity contribution in [3.63, 3.8) is 0 Å². The third-order valence-electron chi connectivity index (χ3n) is 1.58. The molecule has 1 heterocycles. The maximum atomic E-state index is 12.7. The zero-order chi connectivity index (χ0) is 7.90. The van der Waals surface area contributed by atoms with E-state index in [0.29, 0.717) is 0 Å². The lowest BCUT2D eigenvalue weighted by atomic mass is 10.4. The molecule has 1 atom stereocenters. The molecule has 0 spiro atoms. The molecule has 1 aliphatic heterocycles. The molecule has 0 amide bonds. The van der Waals surface area contributed by atoms with Crippen molar-refractivity contribution < 1.29 is 8.67 Å². The predicted octanol–water partition coefficient (Wildman–Crippen LogP) is 1.98. The summed E-state index contributed by atoms with van der Waals surface area (Å²) in [6.07, 6.45) is 1.93. The molecule has 2 rings (SSSR count). The first-order valence-corrected chi connectivity index (χ1v) is 5.16. The third-order valence-corrected chi connectivity index (χ3v) is 3.40. The average molecular weight is 173 g/mol. The standard InChI is InChI=1S/C7H8FNOS/c1-11(9-10-11)7-4-2-3-6(8)5-7/h2-5,9H,1H3. The van der Waals surface area contributed by atoms with Crippen LogP contribution in [0, 0.1) is 5.82 Å². The van der Waals surface area contributed by atoms with Gasteiger partial charge in [0.2, 0.25) is 0 Å². The van der Waals surface area contributed by atoms with Crippen molar-refractivity contribution in [3.05, 3.63) is 30.1 Å². The maximum absolute atomic E-state index is 12.7. The van der Waals surface area contributed by atoms with Crippen LogP contribution < -0.4 is 4.89 Å². The number of hydrogen-bond donors (Lipinski definition) is 1. The summed E-state index contributed by atoms with van der Waals surface area (Å²) in [6, 6.07) is 6.47. The summed E-state index contributed by atoms with van der Waals surface area (Å²) in [4.78, 5) is 3.67. The quantitative estimate of drug-likeness (QED) is 0.659. The topological polar surface area (TPSA) is 34.5 Å². The Bertz CT molecular complexity index is 288. The number of nitrogens with one attached hydrogen (secondary N) is 1. The van der Waals surface area contributed by atoms with E-state index in [-0.39, 0.29) is 5.82 Å². The Kier molecular flexibility index (Phi) is 1.42. The normalized spacial score (nSPS) is 34.4. The molecule has 1 saturated heterocycles. The van der Waals surface area contributed by atoms with Crippen molar-refractivity contribution in [2.75, 3.05) is 6.26 Å². The number of rotatable bonds is 1. The van der Waals surface area contributed by atoms with E-state index in [2.05, 4.69) is 4.89 Å². The smallest absolute Gasteiger partial charge is 0.124 e. The molecular formula is C7H8FNOS. The predicted molar refractivity (Wildman–Crippen MR) is 42.4 cm³/mol. The van der Waals surface area contributed by atoms with Crippen LogP contribution in [0.2, 0.25) is 0 Å².